The van der Waals surface area contributed by atoms with Gasteiger partial charge in [0.2, 0.25) is 0 Å². The van der Waals surface area contributed by atoms with Crippen molar-refractivity contribution < 1.29 is 16.8 Å². The first-order valence-electron chi connectivity index (χ1n) is 30.3. The van der Waals surface area contributed by atoms with E-state index in [0.29, 0.717) is 11.1 Å². The highest BCUT2D eigenvalue weighted by atomic mass is 35.7. The fourth-order valence-corrected chi connectivity index (χ4v) is 14.4. The van der Waals surface area contributed by atoms with Gasteiger partial charge in [0.25, 0.3) is 19.1 Å². The third kappa shape index (κ3) is 11.3. The van der Waals surface area contributed by atoms with Gasteiger partial charge in [0.15, 0.2) is 11.6 Å². The molecule has 12 aromatic rings. The summed E-state index contributed by atoms with van der Waals surface area (Å²) in [4.78, 5) is 20.3. The Morgan fingerprint density at radius 3 is 1.26 bits per heavy atom. The lowest BCUT2D eigenvalue weighted by Gasteiger charge is -2.39. The number of aromatic nitrogens is 6. The average Bonchev–Trinajstić information content (AvgIpc) is 1.63. The van der Waals surface area contributed by atoms with E-state index in [9.17, 15) is 16.8 Å². The van der Waals surface area contributed by atoms with Crippen molar-refractivity contribution in [1.82, 2.24) is 29.1 Å². The molecule has 2 aliphatic carbocycles. The molecule has 8 aromatic carbocycles. The van der Waals surface area contributed by atoms with Crippen LogP contribution in [-0.4, -0.2) is 45.9 Å². The van der Waals surface area contributed by atoms with E-state index in [4.69, 9.17) is 36.4 Å². The molecule has 0 spiro atoms. The number of para-hydroxylation sites is 2. The molecule has 4 aliphatic rings. The molecule has 91 heavy (non-hydrogen) atoms. The highest BCUT2D eigenvalue weighted by molar-refractivity contribution is 8.13. The maximum absolute atomic E-state index is 13.0. The molecule has 0 radical (unpaired) electrons. The number of imidazole rings is 2. The van der Waals surface area contributed by atoms with Crippen molar-refractivity contribution in [2.24, 2.45) is 0 Å². The normalized spacial score (nSPS) is 14.4. The molecular weight excluding hydrogens is 1190 g/mol. The summed E-state index contributed by atoms with van der Waals surface area (Å²) < 4.78 is 54.3. The van der Waals surface area contributed by atoms with Crippen LogP contribution in [0.25, 0.3) is 79.2 Å². The molecule has 2 saturated carbocycles. The van der Waals surface area contributed by atoms with E-state index in [1.807, 2.05) is 66.9 Å². The minimum atomic E-state index is -3.71. The summed E-state index contributed by atoms with van der Waals surface area (Å²) in [7, 11) is -2.21. The van der Waals surface area contributed by atoms with Crippen LogP contribution < -0.4 is 21.1 Å². The van der Waals surface area contributed by atoms with Crippen molar-refractivity contribution in [2.45, 2.75) is 73.0 Å². The number of pyridine rings is 2. The van der Waals surface area contributed by atoms with Gasteiger partial charge in [-0.25, -0.2) is 36.8 Å². The minimum absolute atomic E-state index is 0.136. The quantitative estimate of drug-likeness (QED) is 0.0752. The zero-order valence-electron chi connectivity index (χ0n) is 49.9. The molecule has 14 nitrogen and oxygen atoms in total. The zero-order chi connectivity index (χ0) is 62.5. The van der Waals surface area contributed by atoms with Gasteiger partial charge < -0.3 is 16.4 Å². The summed E-state index contributed by atoms with van der Waals surface area (Å²) in [5.74, 6) is 3.25. The van der Waals surface area contributed by atoms with Gasteiger partial charge in [0.05, 0.1) is 55.3 Å². The maximum Gasteiger partial charge on any atom is 0.261 e. The van der Waals surface area contributed by atoms with Gasteiger partial charge in [0, 0.05) is 67.8 Å². The fraction of sp³-hybridized carbons (Fsp3) is 0.135. The summed E-state index contributed by atoms with van der Waals surface area (Å²) in [6.45, 7) is 4.72. The number of halogens is 1. The highest BCUT2D eigenvalue weighted by Gasteiger charge is 2.36. The lowest BCUT2D eigenvalue weighted by atomic mass is 9.66. The van der Waals surface area contributed by atoms with Crippen molar-refractivity contribution in [3.63, 3.8) is 0 Å². The molecule has 0 saturated heterocycles. The number of nitrogens with two attached hydrogens (primary N) is 1. The molecule has 0 atom stereocenters. The number of hydrogen-bond acceptors (Lipinski definition) is 11. The topological polar surface area (TPSA) is 192 Å². The van der Waals surface area contributed by atoms with Crippen molar-refractivity contribution in [3.8, 4) is 79.2 Å². The Labute approximate surface area is 534 Å². The fourth-order valence-electron chi connectivity index (χ4n) is 12.6. The smallest absolute Gasteiger partial charge is 0.261 e. The van der Waals surface area contributed by atoms with Crippen molar-refractivity contribution in [2.75, 3.05) is 21.1 Å². The lowest BCUT2D eigenvalue weighted by Crippen LogP contribution is -2.30. The highest BCUT2D eigenvalue weighted by Crippen LogP contribution is 2.49. The molecular formula is C74H63ClN10O4S2. The average molecular weight is 1260 g/mol. The first-order chi connectivity index (χ1) is 44.1. The van der Waals surface area contributed by atoms with Gasteiger partial charge >= 0.3 is 0 Å². The number of rotatable bonds is 10. The van der Waals surface area contributed by atoms with E-state index >= 15 is 0 Å². The number of nitrogens with one attached hydrogen (secondary N) is 3. The molecule has 17 heteroatoms. The minimum Gasteiger partial charge on any atom is -0.399 e. The molecule has 0 bridgehead atoms. The van der Waals surface area contributed by atoms with E-state index < -0.39 is 19.1 Å². The summed E-state index contributed by atoms with van der Waals surface area (Å²) in [6.07, 6.45) is 11.1. The van der Waals surface area contributed by atoms with Crippen LogP contribution >= 0.6 is 10.7 Å². The van der Waals surface area contributed by atoms with E-state index in [1.165, 1.54) is 61.8 Å². The first kappa shape index (κ1) is 58.5. The first-order valence-corrected chi connectivity index (χ1v) is 34.1. The third-order valence-corrected chi connectivity index (χ3v) is 20.7. The van der Waals surface area contributed by atoms with Crippen LogP contribution in [0.2, 0.25) is 0 Å². The molecule has 16 rings (SSSR count). The standard InChI is InChI=1S/C37H31N5O2S.C31H27N5.C6H5ClO2S/c1-37(22-8-23-37)27-18-14-26(15-19-27)34-33(25-16-20-28(21-17-25)41-45(43,44)29-9-3-2-4-10-29)40-36-30-11-5-6-12-31(30)39-35-32(42(34)36)13-7-24-38-35;1-31(17-5-18-31)22-13-9-21(10-14-22)28-27(20-11-15-23(32)16-12-20)35-30-24-6-2-3-7-25(24)34-29-26(36(28)30)8-4-19-33-29;7-10(8,9)6-4-2-1-3-5-6/h2-7,9-21,24,41H,8,22-23H2,1H3,(H,38,39);2-4,6-16,19H,5,17-18,32H2,1H3,(H,33,34);1-5H. The van der Waals surface area contributed by atoms with Crippen LogP contribution in [-0.2, 0) is 29.9 Å². The number of benzene rings is 8. The Morgan fingerprint density at radius 2 is 0.857 bits per heavy atom. The number of anilines is 6. The van der Waals surface area contributed by atoms with Crippen LogP contribution in [0.5, 0.6) is 0 Å². The van der Waals surface area contributed by atoms with Gasteiger partial charge in [-0.15, -0.1) is 0 Å². The number of sulfonamides is 1. The molecule has 2 aliphatic heterocycles. The van der Waals surface area contributed by atoms with Gasteiger partial charge in [-0.2, -0.15) is 0 Å². The predicted molar refractivity (Wildman–Crippen MR) is 365 cm³/mol. The van der Waals surface area contributed by atoms with Crippen LogP contribution in [0, 0.1) is 0 Å². The van der Waals surface area contributed by atoms with Gasteiger partial charge in [-0.05, 0) is 145 Å². The van der Waals surface area contributed by atoms with Crippen molar-refractivity contribution >= 4 is 64.1 Å². The van der Waals surface area contributed by atoms with Gasteiger partial charge in [-0.1, -0.05) is 160 Å². The zero-order valence-corrected chi connectivity index (χ0v) is 52.3. The number of fused-ring (bicyclic) bond motifs is 10. The second-order valence-electron chi connectivity index (χ2n) is 23.9. The molecule has 0 unspecified atom stereocenters. The summed E-state index contributed by atoms with van der Waals surface area (Å²) >= 11 is 0. The van der Waals surface area contributed by atoms with Gasteiger partial charge in [-0.3, -0.25) is 13.9 Å². The van der Waals surface area contributed by atoms with Crippen LogP contribution in [0.3, 0.4) is 0 Å². The van der Waals surface area contributed by atoms with Crippen molar-refractivity contribution in [3.05, 3.63) is 254 Å². The molecule has 6 heterocycles. The maximum atomic E-state index is 13.0. The Morgan fingerprint density at radius 1 is 0.462 bits per heavy atom. The second-order valence-corrected chi connectivity index (χ2v) is 28.1. The van der Waals surface area contributed by atoms with E-state index in [2.05, 4.69) is 135 Å². The molecule has 4 aromatic heterocycles. The summed E-state index contributed by atoms with van der Waals surface area (Å²) in [5, 5.41) is 7.06. The molecule has 2 fully saturated rings. The number of nitrogen functional groups attached to an aromatic ring is 1. The van der Waals surface area contributed by atoms with Crippen LogP contribution in [0.15, 0.2) is 253 Å². The Bertz CT molecular complexity index is 4920. The molecule has 0 amide bonds. The third-order valence-electron chi connectivity index (χ3n) is 17.9. The number of nitrogens with zero attached hydrogens (tertiary/aromatic N) is 6. The monoisotopic (exact) mass is 1250 g/mol. The SMILES string of the molecule is CC1(c2ccc(-c3c(-c4ccc(N)cc4)nc4n3-c3cccnc3Nc3ccccc3-4)cc2)CCC1.CC1(c2ccc(-c3c(-c4ccc(NS(=O)(=O)c5ccccc5)cc4)nc4n3-c3cccnc3Nc3ccccc3-4)cc2)CCC1.O=S(=O)(Cl)c1ccccc1. The predicted octanol–water partition coefficient (Wildman–Crippen LogP) is 17.5. The largest absolute Gasteiger partial charge is 0.399 e. The second kappa shape index (κ2) is 23.7. The Balaban J connectivity index is 0.000000140. The number of hydrogen-bond donors (Lipinski definition) is 4. The molecule has 5 N–H and O–H groups in total. The van der Waals surface area contributed by atoms with E-state index in [0.717, 1.165) is 108 Å². The summed E-state index contributed by atoms with van der Waals surface area (Å²) in [6, 6.07) is 74.2. The molecule has 452 valence electrons. The van der Waals surface area contributed by atoms with Gasteiger partial charge in [0.1, 0.15) is 11.6 Å². The van der Waals surface area contributed by atoms with E-state index in [1.54, 1.807) is 66.9 Å². The summed E-state index contributed by atoms with van der Waals surface area (Å²) in [5.41, 5.74) is 24.2. The Kier molecular flexibility index (Phi) is 15.2. The van der Waals surface area contributed by atoms with Crippen LogP contribution in [0.4, 0.5) is 34.4 Å². The Hall–Kier alpha value is -10.1. The van der Waals surface area contributed by atoms with Crippen molar-refractivity contribution in [1.29, 1.82) is 0 Å². The lowest BCUT2D eigenvalue weighted by molar-refractivity contribution is 0.272. The van der Waals surface area contributed by atoms with E-state index in [-0.39, 0.29) is 15.2 Å². The van der Waals surface area contributed by atoms with Crippen LogP contribution in [0.1, 0.15) is 63.5 Å².